The van der Waals surface area contributed by atoms with Crippen LogP contribution >= 0.6 is 11.6 Å². The standard InChI is InChI=1S/C10H17ClN4/c11-4-3-10-9-15(13-12-10)8-7-14-5-1-2-6-14/h9H,1-8H2. The van der Waals surface area contributed by atoms with Crippen LogP contribution in [0.25, 0.3) is 0 Å². The van der Waals surface area contributed by atoms with Crippen LogP contribution in [0.2, 0.25) is 0 Å². The third-order valence-corrected chi connectivity index (χ3v) is 2.97. The predicted octanol–water partition coefficient (Wildman–Crippen LogP) is 1.16. The molecule has 1 fully saturated rings. The van der Waals surface area contributed by atoms with Crippen molar-refractivity contribution in [3.05, 3.63) is 11.9 Å². The fourth-order valence-electron chi connectivity index (χ4n) is 1.91. The number of aromatic nitrogens is 3. The molecule has 0 aromatic carbocycles. The van der Waals surface area contributed by atoms with E-state index in [0.29, 0.717) is 5.88 Å². The van der Waals surface area contributed by atoms with Gasteiger partial charge in [-0.05, 0) is 25.9 Å². The Morgan fingerprint density at radius 3 is 2.80 bits per heavy atom. The Hall–Kier alpha value is -0.610. The van der Waals surface area contributed by atoms with E-state index >= 15 is 0 Å². The minimum Gasteiger partial charge on any atom is -0.301 e. The summed E-state index contributed by atoms with van der Waals surface area (Å²) < 4.78 is 1.92. The summed E-state index contributed by atoms with van der Waals surface area (Å²) in [6.07, 6.45) is 5.49. The maximum Gasteiger partial charge on any atom is 0.0839 e. The maximum absolute atomic E-state index is 5.64. The van der Waals surface area contributed by atoms with Gasteiger partial charge < -0.3 is 4.90 Å². The number of alkyl halides is 1. The average Bonchev–Trinajstić information content (AvgIpc) is 2.85. The Kier molecular flexibility index (Phi) is 3.97. The molecule has 0 bridgehead atoms. The lowest BCUT2D eigenvalue weighted by Gasteiger charge is -2.13. The van der Waals surface area contributed by atoms with Gasteiger partial charge in [-0.3, -0.25) is 4.68 Å². The summed E-state index contributed by atoms with van der Waals surface area (Å²) in [4.78, 5) is 2.48. The normalized spacial score (nSPS) is 17.4. The minimum absolute atomic E-state index is 0.616. The van der Waals surface area contributed by atoms with E-state index in [-0.39, 0.29) is 0 Å². The van der Waals surface area contributed by atoms with Crippen molar-refractivity contribution in [3.63, 3.8) is 0 Å². The van der Waals surface area contributed by atoms with Gasteiger partial charge >= 0.3 is 0 Å². The van der Waals surface area contributed by atoms with Crippen LogP contribution in [0.5, 0.6) is 0 Å². The second-order valence-corrected chi connectivity index (χ2v) is 4.34. The Morgan fingerprint density at radius 2 is 2.07 bits per heavy atom. The molecule has 0 saturated carbocycles. The van der Waals surface area contributed by atoms with Gasteiger partial charge in [0.05, 0.1) is 12.2 Å². The first-order chi connectivity index (χ1) is 7.38. The van der Waals surface area contributed by atoms with Crippen molar-refractivity contribution < 1.29 is 0 Å². The SMILES string of the molecule is ClCCc1cn(CCN2CCCC2)nn1. The summed E-state index contributed by atoms with van der Waals surface area (Å²) in [5.74, 6) is 0.616. The molecule has 1 saturated heterocycles. The van der Waals surface area contributed by atoms with Crippen molar-refractivity contribution in [2.24, 2.45) is 0 Å². The molecule has 4 nitrogen and oxygen atoms in total. The maximum atomic E-state index is 5.64. The predicted molar refractivity (Wildman–Crippen MR) is 60.1 cm³/mol. The quantitative estimate of drug-likeness (QED) is 0.710. The number of rotatable bonds is 5. The van der Waals surface area contributed by atoms with Gasteiger partial charge in [0.2, 0.25) is 0 Å². The lowest BCUT2D eigenvalue weighted by Crippen LogP contribution is -2.24. The molecule has 0 N–H and O–H groups in total. The average molecular weight is 229 g/mol. The third-order valence-electron chi connectivity index (χ3n) is 2.78. The van der Waals surface area contributed by atoms with Crippen molar-refractivity contribution in [3.8, 4) is 0 Å². The van der Waals surface area contributed by atoms with E-state index < -0.39 is 0 Å². The molecule has 1 aliphatic rings. The zero-order valence-electron chi connectivity index (χ0n) is 8.90. The number of halogens is 1. The van der Waals surface area contributed by atoms with Gasteiger partial charge in [0, 0.05) is 25.0 Å². The lowest BCUT2D eigenvalue weighted by molar-refractivity contribution is 0.314. The third kappa shape index (κ3) is 3.18. The van der Waals surface area contributed by atoms with E-state index in [2.05, 4.69) is 15.2 Å². The van der Waals surface area contributed by atoms with E-state index in [4.69, 9.17) is 11.6 Å². The van der Waals surface area contributed by atoms with E-state index in [1.807, 2.05) is 10.9 Å². The van der Waals surface area contributed by atoms with Gasteiger partial charge in [-0.2, -0.15) is 0 Å². The Balaban J connectivity index is 1.77. The number of nitrogens with zero attached hydrogens (tertiary/aromatic N) is 4. The van der Waals surface area contributed by atoms with Gasteiger partial charge in [0.1, 0.15) is 0 Å². The van der Waals surface area contributed by atoms with Crippen molar-refractivity contribution in [1.82, 2.24) is 19.9 Å². The van der Waals surface area contributed by atoms with Crippen molar-refractivity contribution in [2.45, 2.75) is 25.8 Å². The molecule has 1 aliphatic heterocycles. The van der Waals surface area contributed by atoms with Crippen LogP contribution in [0.3, 0.4) is 0 Å². The van der Waals surface area contributed by atoms with E-state index in [1.54, 1.807) is 0 Å². The summed E-state index contributed by atoms with van der Waals surface area (Å²) in [5, 5.41) is 8.14. The number of hydrogen-bond acceptors (Lipinski definition) is 3. The summed E-state index contributed by atoms with van der Waals surface area (Å²) in [7, 11) is 0. The van der Waals surface area contributed by atoms with Crippen molar-refractivity contribution in [2.75, 3.05) is 25.5 Å². The molecular weight excluding hydrogens is 212 g/mol. The molecule has 1 aromatic heterocycles. The fraction of sp³-hybridized carbons (Fsp3) is 0.800. The first-order valence-corrected chi connectivity index (χ1v) is 6.09. The first kappa shape index (κ1) is 10.9. The van der Waals surface area contributed by atoms with Crippen molar-refractivity contribution in [1.29, 1.82) is 0 Å². The van der Waals surface area contributed by atoms with Crippen LogP contribution in [0.1, 0.15) is 18.5 Å². The molecule has 0 aliphatic carbocycles. The van der Waals surface area contributed by atoms with Gasteiger partial charge in [0.15, 0.2) is 0 Å². The number of aryl methyl sites for hydroxylation is 1. The van der Waals surface area contributed by atoms with Gasteiger partial charge in [0.25, 0.3) is 0 Å². The Labute approximate surface area is 95.2 Å². The molecule has 0 radical (unpaired) electrons. The lowest BCUT2D eigenvalue weighted by atomic mass is 10.4. The molecule has 5 heteroatoms. The second-order valence-electron chi connectivity index (χ2n) is 3.96. The smallest absolute Gasteiger partial charge is 0.0839 e. The monoisotopic (exact) mass is 228 g/mol. The first-order valence-electron chi connectivity index (χ1n) is 5.56. The Morgan fingerprint density at radius 1 is 1.27 bits per heavy atom. The van der Waals surface area contributed by atoms with Crippen LogP contribution in [-0.4, -0.2) is 45.4 Å². The van der Waals surface area contributed by atoms with Crippen LogP contribution < -0.4 is 0 Å². The molecule has 0 unspecified atom stereocenters. The van der Waals surface area contributed by atoms with E-state index in [1.165, 1.54) is 25.9 Å². The molecule has 84 valence electrons. The minimum atomic E-state index is 0.616. The van der Waals surface area contributed by atoms with E-state index in [9.17, 15) is 0 Å². The molecular formula is C10H17ClN4. The Bertz CT molecular complexity index is 293. The van der Waals surface area contributed by atoms with Gasteiger partial charge in [-0.15, -0.1) is 16.7 Å². The number of likely N-dealkylation sites (tertiary alicyclic amines) is 1. The van der Waals surface area contributed by atoms with Crippen molar-refractivity contribution >= 4 is 11.6 Å². The molecule has 15 heavy (non-hydrogen) atoms. The van der Waals surface area contributed by atoms with E-state index in [0.717, 1.165) is 25.2 Å². The topological polar surface area (TPSA) is 34.0 Å². The van der Waals surface area contributed by atoms with Gasteiger partial charge in [-0.1, -0.05) is 5.21 Å². The highest BCUT2D eigenvalue weighted by Crippen LogP contribution is 2.06. The molecule has 0 spiro atoms. The highest BCUT2D eigenvalue weighted by molar-refractivity contribution is 6.17. The number of hydrogen-bond donors (Lipinski definition) is 0. The molecule has 0 amide bonds. The molecule has 0 atom stereocenters. The largest absolute Gasteiger partial charge is 0.301 e. The highest BCUT2D eigenvalue weighted by atomic mass is 35.5. The van der Waals surface area contributed by atoms with Crippen LogP contribution in [0.15, 0.2) is 6.20 Å². The molecule has 2 heterocycles. The second kappa shape index (κ2) is 5.47. The zero-order chi connectivity index (χ0) is 10.5. The van der Waals surface area contributed by atoms with Gasteiger partial charge in [-0.25, -0.2) is 0 Å². The molecule has 2 rings (SSSR count). The zero-order valence-corrected chi connectivity index (χ0v) is 9.66. The van der Waals surface area contributed by atoms with Crippen LogP contribution in [-0.2, 0) is 13.0 Å². The summed E-state index contributed by atoms with van der Waals surface area (Å²) in [6.45, 7) is 4.51. The summed E-state index contributed by atoms with van der Waals surface area (Å²) in [5.41, 5.74) is 0.992. The van der Waals surface area contributed by atoms with Crippen LogP contribution in [0, 0.1) is 0 Å². The summed E-state index contributed by atoms with van der Waals surface area (Å²) in [6, 6.07) is 0. The van der Waals surface area contributed by atoms with Crippen LogP contribution in [0.4, 0.5) is 0 Å². The molecule has 1 aromatic rings. The fourth-order valence-corrected chi connectivity index (χ4v) is 2.10. The summed E-state index contributed by atoms with van der Waals surface area (Å²) >= 11 is 5.64. The highest BCUT2D eigenvalue weighted by Gasteiger charge is 2.11.